The van der Waals surface area contributed by atoms with E-state index in [-0.39, 0.29) is 17.9 Å². The van der Waals surface area contributed by atoms with Gasteiger partial charge in [0.15, 0.2) is 0 Å². The predicted molar refractivity (Wildman–Crippen MR) is 66.8 cm³/mol. The molecular formula is C14H21F2N. The van der Waals surface area contributed by atoms with Crippen LogP contribution in [0.2, 0.25) is 0 Å². The second kappa shape index (κ2) is 6.10. The van der Waals surface area contributed by atoms with E-state index in [1.54, 1.807) is 0 Å². The number of halogens is 2. The summed E-state index contributed by atoms with van der Waals surface area (Å²) >= 11 is 0. The highest BCUT2D eigenvalue weighted by Gasteiger charge is 2.14. The summed E-state index contributed by atoms with van der Waals surface area (Å²) in [4.78, 5) is 0. The molecule has 0 heterocycles. The topological polar surface area (TPSA) is 12.0 Å². The summed E-state index contributed by atoms with van der Waals surface area (Å²) in [5.74, 6) is -0.170. The Hall–Kier alpha value is -0.960. The number of hydrogen-bond acceptors (Lipinski definition) is 1. The molecule has 2 atom stereocenters. The van der Waals surface area contributed by atoms with Gasteiger partial charge in [-0.3, -0.25) is 0 Å². The fourth-order valence-electron chi connectivity index (χ4n) is 2.14. The first-order chi connectivity index (χ1) is 7.90. The maximum absolute atomic E-state index is 13.5. The van der Waals surface area contributed by atoms with Crippen molar-refractivity contribution >= 4 is 0 Å². The molecule has 0 aromatic heterocycles. The van der Waals surface area contributed by atoms with E-state index in [4.69, 9.17) is 0 Å². The smallest absolute Gasteiger partial charge is 0.128 e. The van der Waals surface area contributed by atoms with Gasteiger partial charge >= 0.3 is 0 Å². The van der Waals surface area contributed by atoms with E-state index in [9.17, 15) is 8.78 Å². The Morgan fingerprint density at radius 2 is 1.76 bits per heavy atom. The molecular weight excluding hydrogens is 220 g/mol. The van der Waals surface area contributed by atoms with Crippen molar-refractivity contribution in [3.63, 3.8) is 0 Å². The maximum atomic E-state index is 13.5. The SMILES string of the molecule is CC(C)CC(C)NC(C)c1cc(F)ccc1F. The van der Waals surface area contributed by atoms with Crippen LogP contribution in [-0.2, 0) is 0 Å². The molecule has 1 N–H and O–H groups in total. The molecule has 17 heavy (non-hydrogen) atoms. The average Bonchev–Trinajstić information content (AvgIpc) is 2.20. The van der Waals surface area contributed by atoms with E-state index in [0.717, 1.165) is 12.5 Å². The quantitative estimate of drug-likeness (QED) is 0.820. The molecule has 0 aliphatic heterocycles. The van der Waals surface area contributed by atoms with E-state index < -0.39 is 5.82 Å². The van der Waals surface area contributed by atoms with Crippen LogP contribution in [0.3, 0.4) is 0 Å². The summed E-state index contributed by atoms with van der Waals surface area (Å²) in [6, 6.07) is 3.68. The number of benzene rings is 1. The van der Waals surface area contributed by atoms with E-state index in [1.165, 1.54) is 12.1 Å². The van der Waals surface area contributed by atoms with Crippen molar-refractivity contribution in [2.75, 3.05) is 0 Å². The monoisotopic (exact) mass is 241 g/mol. The Bertz CT molecular complexity index is 363. The minimum Gasteiger partial charge on any atom is -0.308 e. The Balaban J connectivity index is 2.69. The summed E-state index contributed by atoms with van der Waals surface area (Å²) < 4.78 is 26.6. The third kappa shape index (κ3) is 4.43. The zero-order valence-corrected chi connectivity index (χ0v) is 10.9. The summed E-state index contributed by atoms with van der Waals surface area (Å²) in [5.41, 5.74) is 0.389. The van der Waals surface area contributed by atoms with Crippen LogP contribution in [0.4, 0.5) is 8.78 Å². The van der Waals surface area contributed by atoms with Crippen LogP contribution in [0.25, 0.3) is 0 Å². The summed E-state index contributed by atoms with van der Waals surface area (Å²) in [6.45, 7) is 8.21. The highest BCUT2D eigenvalue weighted by atomic mass is 19.1. The first-order valence-electron chi connectivity index (χ1n) is 6.11. The third-order valence-electron chi connectivity index (χ3n) is 2.78. The Labute approximate surface area is 102 Å². The molecule has 0 spiro atoms. The van der Waals surface area contributed by atoms with Gasteiger partial charge in [0.25, 0.3) is 0 Å². The fourth-order valence-corrected chi connectivity index (χ4v) is 2.14. The van der Waals surface area contributed by atoms with Gasteiger partial charge in [-0.1, -0.05) is 13.8 Å². The van der Waals surface area contributed by atoms with Crippen molar-refractivity contribution in [2.24, 2.45) is 5.92 Å². The van der Waals surface area contributed by atoms with Crippen LogP contribution in [0, 0.1) is 17.6 Å². The molecule has 0 amide bonds. The largest absolute Gasteiger partial charge is 0.308 e. The molecule has 0 aliphatic carbocycles. The first kappa shape index (κ1) is 14.1. The van der Waals surface area contributed by atoms with Crippen molar-refractivity contribution in [1.29, 1.82) is 0 Å². The van der Waals surface area contributed by atoms with E-state index in [1.807, 2.05) is 6.92 Å². The van der Waals surface area contributed by atoms with Gasteiger partial charge in [0, 0.05) is 17.6 Å². The molecule has 0 aliphatic rings. The van der Waals surface area contributed by atoms with Crippen LogP contribution in [-0.4, -0.2) is 6.04 Å². The fraction of sp³-hybridized carbons (Fsp3) is 0.571. The molecule has 3 heteroatoms. The molecule has 96 valence electrons. The molecule has 0 fully saturated rings. The third-order valence-corrected chi connectivity index (χ3v) is 2.78. The van der Waals surface area contributed by atoms with Crippen LogP contribution >= 0.6 is 0 Å². The van der Waals surface area contributed by atoms with Crippen molar-refractivity contribution in [2.45, 2.75) is 46.2 Å². The van der Waals surface area contributed by atoms with Gasteiger partial charge in [0.1, 0.15) is 11.6 Å². The normalized spacial score (nSPS) is 15.0. The highest BCUT2D eigenvalue weighted by molar-refractivity contribution is 5.21. The zero-order chi connectivity index (χ0) is 13.0. The molecule has 1 rings (SSSR count). The summed E-state index contributed by atoms with van der Waals surface area (Å²) in [5, 5.41) is 3.29. The molecule has 1 nitrogen and oxygen atoms in total. The van der Waals surface area contributed by atoms with Gasteiger partial charge in [-0.2, -0.15) is 0 Å². The second-order valence-electron chi connectivity index (χ2n) is 5.08. The van der Waals surface area contributed by atoms with E-state index in [2.05, 4.69) is 26.1 Å². The number of hydrogen-bond donors (Lipinski definition) is 1. The second-order valence-corrected chi connectivity index (χ2v) is 5.08. The molecule has 0 saturated heterocycles. The lowest BCUT2D eigenvalue weighted by molar-refractivity contribution is 0.399. The summed E-state index contributed by atoms with van der Waals surface area (Å²) in [7, 11) is 0. The standard InChI is InChI=1S/C14H21F2N/c1-9(2)7-10(3)17-11(4)13-8-12(15)5-6-14(13)16/h5-6,8-11,17H,7H2,1-4H3. The average molecular weight is 241 g/mol. The highest BCUT2D eigenvalue weighted by Crippen LogP contribution is 2.19. The Morgan fingerprint density at radius 1 is 1.12 bits per heavy atom. The zero-order valence-electron chi connectivity index (χ0n) is 10.9. The van der Waals surface area contributed by atoms with Crippen molar-refractivity contribution in [1.82, 2.24) is 5.32 Å². The maximum Gasteiger partial charge on any atom is 0.128 e. The Kier molecular flexibility index (Phi) is 5.06. The minimum atomic E-state index is -0.397. The molecule has 1 aromatic carbocycles. The van der Waals surface area contributed by atoms with Gasteiger partial charge in [-0.15, -0.1) is 0 Å². The molecule has 1 aromatic rings. The number of rotatable bonds is 5. The molecule has 0 bridgehead atoms. The van der Waals surface area contributed by atoms with Gasteiger partial charge < -0.3 is 5.32 Å². The van der Waals surface area contributed by atoms with Crippen LogP contribution < -0.4 is 5.32 Å². The van der Waals surface area contributed by atoms with Crippen LogP contribution in [0.15, 0.2) is 18.2 Å². The lowest BCUT2D eigenvalue weighted by Gasteiger charge is -2.22. The predicted octanol–water partition coefficient (Wildman–Crippen LogP) is 4.05. The lowest BCUT2D eigenvalue weighted by atomic mass is 10.0. The van der Waals surface area contributed by atoms with E-state index in [0.29, 0.717) is 11.5 Å². The van der Waals surface area contributed by atoms with Crippen molar-refractivity contribution in [3.05, 3.63) is 35.4 Å². The van der Waals surface area contributed by atoms with Gasteiger partial charge in [0.05, 0.1) is 0 Å². The molecule has 2 unspecified atom stereocenters. The van der Waals surface area contributed by atoms with Crippen LogP contribution in [0.1, 0.15) is 45.7 Å². The minimum absolute atomic E-state index is 0.181. The van der Waals surface area contributed by atoms with Gasteiger partial charge in [-0.05, 0) is 44.4 Å². The summed E-state index contributed by atoms with van der Waals surface area (Å²) in [6.07, 6.45) is 1.02. The lowest BCUT2D eigenvalue weighted by Crippen LogP contribution is -2.30. The first-order valence-corrected chi connectivity index (χ1v) is 6.11. The molecule has 0 radical (unpaired) electrons. The van der Waals surface area contributed by atoms with Gasteiger partial charge in [-0.25, -0.2) is 8.78 Å². The van der Waals surface area contributed by atoms with Crippen molar-refractivity contribution < 1.29 is 8.78 Å². The molecule has 0 saturated carbocycles. The number of nitrogens with one attached hydrogen (secondary N) is 1. The van der Waals surface area contributed by atoms with Gasteiger partial charge in [0.2, 0.25) is 0 Å². The van der Waals surface area contributed by atoms with Crippen LogP contribution in [0.5, 0.6) is 0 Å². The Morgan fingerprint density at radius 3 is 2.35 bits per heavy atom. The van der Waals surface area contributed by atoms with E-state index >= 15 is 0 Å². The van der Waals surface area contributed by atoms with Crippen molar-refractivity contribution in [3.8, 4) is 0 Å².